The number of aryl methyl sites for hydroxylation is 2. The summed E-state index contributed by atoms with van der Waals surface area (Å²) in [5.41, 5.74) is 3.97. The largest absolute Gasteiger partial charge is 0.377 e. The zero-order chi connectivity index (χ0) is 23.4. The van der Waals surface area contributed by atoms with Gasteiger partial charge in [0.1, 0.15) is 5.83 Å². The molecule has 1 aliphatic carbocycles. The molecular formula is C29H29F3O. The number of rotatable bonds is 7. The van der Waals surface area contributed by atoms with Crippen LogP contribution < -0.4 is 0 Å². The molecular weight excluding hydrogens is 421 g/mol. The molecule has 3 aromatic carbocycles. The van der Waals surface area contributed by atoms with Gasteiger partial charge in [-0.3, -0.25) is 0 Å². The predicted molar refractivity (Wildman–Crippen MR) is 128 cm³/mol. The van der Waals surface area contributed by atoms with Crippen molar-refractivity contribution >= 4 is 0 Å². The molecule has 2 unspecified atom stereocenters. The molecule has 3 aromatic rings. The van der Waals surface area contributed by atoms with E-state index in [2.05, 4.69) is 6.92 Å². The van der Waals surface area contributed by atoms with Crippen LogP contribution in [0.1, 0.15) is 37.3 Å². The molecule has 1 aliphatic rings. The fourth-order valence-electron chi connectivity index (χ4n) is 4.48. The van der Waals surface area contributed by atoms with Gasteiger partial charge in [-0.05, 0) is 60.4 Å². The molecule has 0 spiro atoms. The molecule has 33 heavy (non-hydrogen) atoms. The van der Waals surface area contributed by atoms with Crippen molar-refractivity contribution in [3.05, 3.63) is 95.3 Å². The summed E-state index contributed by atoms with van der Waals surface area (Å²) in [6.07, 6.45) is 5.40. The second-order valence-electron chi connectivity index (χ2n) is 8.67. The maximum atomic E-state index is 14.9. The Morgan fingerprint density at radius 2 is 1.30 bits per heavy atom. The molecule has 0 aliphatic heterocycles. The summed E-state index contributed by atoms with van der Waals surface area (Å²) in [6.45, 7) is 2.05. The molecule has 4 heteroatoms. The minimum Gasteiger partial charge on any atom is -0.377 e. The lowest BCUT2D eigenvalue weighted by Gasteiger charge is -2.23. The molecule has 4 rings (SSSR count). The van der Waals surface area contributed by atoms with Crippen LogP contribution >= 0.6 is 0 Å². The standard InChI is InChI=1S/C29H29F3O/c1-3-19-4-9-21(10-5-19)25-16-17-26(29(32)28(25)31)22-11-6-20(7-12-22)8-13-23-14-15-24(33-2)18-27(23)30/h4-7,9-12,16-18,23-24H,3,8,13-15H2,1-2H3. The van der Waals surface area contributed by atoms with E-state index < -0.39 is 11.6 Å². The second kappa shape index (κ2) is 10.4. The third-order valence-corrected chi connectivity index (χ3v) is 6.64. The lowest BCUT2D eigenvalue weighted by Crippen LogP contribution is -2.18. The monoisotopic (exact) mass is 450 g/mol. The van der Waals surface area contributed by atoms with E-state index in [4.69, 9.17) is 4.74 Å². The molecule has 0 heterocycles. The normalized spacial score (nSPS) is 18.3. The number of halogens is 3. The van der Waals surface area contributed by atoms with E-state index in [0.717, 1.165) is 36.8 Å². The number of ether oxygens (including phenoxy) is 1. The molecule has 0 aromatic heterocycles. The van der Waals surface area contributed by atoms with E-state index in [1.165, 1.54) is 0 Å². The minimum absolute atomic E-state index is 0.0819. The minimum atomic E-state index is -0.845. The van der Waals surface area contributed by atoms with Gasteiger partial charge in [-0.1, -0.05) is 67.6 Å². The molecule has 0 radical (unpaired) electrons. The Hall–Kier alpha value is -2.85. The highest BCUT2D eigenvalue weighted by Crippen LogP contribution is 2.33. The lowest BCUT2D eigenvalue weighted by molar-refractivity contribution is 0.114. The second-order valence-corrected chi connectivity index (χ2v) is 8.67. The van der Waals surface area contributed by atoms with Crippen LogP contribution in [0.3, 0.4) is 0 Å². The summed E-state index contributed by atoms with van der Waals surface area (Å²) < 4.78 is 49.3. The van der Waals surface area contributed by atoms with Gasteiger partial charge in [-0.2, -0.15) is 0 Å². The molecule has 0 fully saturated rings. The van der Waals surface area contributed by atoms with Crippen molar-refractivity contribution in [2.24, 2.45) is 5.92 Å². The quantitative estimate of drug-likeness (QED) is 0.354. The Bertz CT molecular complexity index is 1120. The SMILES string of the molecule is CCc1ccc(-c2ccc(-c3ccc(CCC4CCC(OC)C=C4F)cc3)c(F)c2F)cc1. The van der Waals surface area contributed by atoms with Gasteiger partial charge in [0.15, 0.2) is 11.6 Å². The van der Waals surface area contributed by atoms with Crippen molar-refractivity contribution in [2.75, 3.05) is 7.11 Å². The third kappa shape index (κ3) is 5.22. The van der Waals surface area contributed by atoms with Gasteiger partial charge >= 0.3 is 0 Å². The number of benzene rings is 3. The number of hydrogen-bond acceptors (Lipinski definition) is 1. The average Bonchev–Trinajstić information content (AvgIpc) is 2.85. The van der Waals surface area contributed by atoms with E-state index in [1.807, 2.05) is 36.4 Å². The van der Waals surface area contributed by atoms with E-state index in [9.17, 15) is 13.2 Å². The summed E-state index contributed by atoms with van der Waals surface area (Å²) in [7, 11) is 1.60. The Labute approximate surface area is 193 Å². The van der Waals surface area contributed by atoms with Gasteiger partial charge in [-0.25, -0.2) is 13.2 Å². The van der Waals surface area contributed by atoms with Crippen molar-refractivity contribution < 1.29 is 17.9 Å². The first kappa shape index (κ1) is 23.3. The number of allylic oxidation sites excluding steroid dienone is 1. The first-order chi connectivity index (χ1) is 16.0. The van der Waals surface area contributed by atoms with Crippen LogP contribution in [0.2, 0.25) is 0 Å². The highest BCUT2D eigenvalue weighted by molar-refractivity contribution is 5.72. The van der Waals surface area contributed by atoms with Crippen LogP contribution in [0.5, 0.6) is 0 Å². The summed E-state index contributed by atoms with van der Waals surface area (Å²) in [5, 5.41) is 0. The van der Waals surface area contributed by atoms with Crippen LogP contribution in [-0.2, 0) is 17.6 Å². The van der Waals surface area contributed by atoms with Crippen molar-refractivity contribution in [1.82, 2.24) is 0 Å². The predicted octanol–water partition coefficient (Wildman–Crippen LogP) is 8.07. The van der Waals surface area contributed by atoms with E-state index in [0.29, 0.717) is 17.5 Å². The van der Waals surface area contributed by atoms with Gasteiger partial charge in [-0.15, -0.1) is 0 Å². The fourth-order valence-corrected chi connectivity index (χ4v) is 4.48. The molecule has 0 saturated carbocycles. The Kier molecular flexibility index (Phi) is 7.34. The van der Waals surface area contributed by atoms with E-state index >= 15 is 0 Å². The van der Waals surface area contributed by atoms with Crippen LogP contribution in [-0.4, -0.2) is 13.2 Å². The number of hydrogen-bond donors (Lipinski definition) is 0. The van der Waals surface area contributed by atoms with Gasteiger partial charge in [0.05, 0.1) is 6.10 Å². The maximum absolute atomic E-state index is 14.9. The van der Waals surface area contributed by atoms with E-state index in [1.54, 1.807) is 37.5 Å². The summed E-state index contributed by atoms with van der Waals surface area (Å²) in [6, 6.07) is 18.2. The summed E-state index contributed by atoms with van der Waals surface area (Å²) in [5.74, 6) is -1.86. The van der Waals surface area contributed by atoms with Crippen molar-refractivity contribution in [2.45, 2.75) is 45.1 Å². The third-order valence-electron chi connectivity index (χ3n) is 6.64. The van der Waals surface area contributed by atoms with Crippen LogP contribution in [0.25, 0.3) is 22.3 Å². The summed E-state index contributed by atoms with van der Waals surface area (Å²) >= 11 is 0. The molecule has 0 N–H and O–H groups in total. The van der Waals surface area contributed by atoms with Crippen LogP contribution in [0.4, 0.5) is 13.2 Å². The van der Waals surface area contributed by atoms with Gasteiger partial charge in [0.2, 0.25) is 0 Å². The highest BCUT2D eigenvalue weighted by Gasteiger charge is 2.23. The van der Waals surface area contributed by atoms with Gasteiger partial charge < -0.3 is 4.74 Å². The van der Waals surface area contributed by atoms with Gasteiger partial charge in [0.25, 0.3) is 0 Å². The zero-order valence-electron chi connectivity index (χ0n) is 19.1. The molecule has 0 amide bonds. The van der Waals surface area contributed by atoms with Crippen molar-refractivity contribution in [3.8, 4) is 22.3 Å². The number of methoxy groups -OCH3 is 1. The van der Waals surface area contributed by atoms with Crippen molar-refractivity contribution in [3.63, 3.8) is 0 Å². The Morgan fingerprint density at radius 3 is 1.79 bits per heavy atom. The smallest absolute Gasteiger partial charge is 0.167 e. The first-order valence-electron chi connectivity index (χ1n) is 11.6. The van der Waals surface area contributed by atoms with Crippen LogP contribution in [0, 0.1) is 17.6 Å². The van der Waals surface area contributed by atoms with E-state index in [-0.39, 0.29) is 29.0 Å². The summed E-state index contributed by atoms with van der Waals surface area (Å²) in [4.78, 5) is 0. The topological polar surface area (TPSA) is 9.23 Å². The fraction of sp³-hybridized carbons (Fsp3) is 0.310. The average molecular weight is 451 g/mol. The van der Waals surface area contributed by atoms with Gasteiger partial charge in [0, 0.05) is 24.2 Å². The Morgan fingerprint density at radius 1 is 0.758 bits per heavy atom. The van der Waals surface area contributed by atoms with Crippen molar-refractivity contribution in [1.29, 1.82) is 0 Å². The lowest BCUT2D eigenvalue weighted by atomic mass is 9.88. The molecule has 2 atom stereocenters. The van der Waals surface area contributed by atoms with Crippen LogP contribution in [0.15, 0.2) is 72.6 Å². The molecule has 172 valence electrons. The Balaban J connectivity index is 1.47. The maximum Gasteiger partial charge on any atom is 0.167 e. The first-order valence-corrected chi connectivity index (χ1v) is 11.6. The molecule has 1 nitrogen and oxygen atoms in total. The molecule has 0 bridgehead atoms. The highest BCUT2D eigenvalue weighted by atomic mass is 19.2. The zero-order valence-corrected chi connectivity index (χ0v) is 19.1. The molecule has 0 saturated heterocycles.